The lowest BCUT2D eigenvalue weighted by Gasteiger charge is -2.30. The van der Waals surface area contributed by atoms with Gasteiger partial charge in [-0.25, -0.2) is 0 Å². The lowest BCUT2D eigenvalue weighted by molar-refractivity contribution is -0.137. The van der Waals surface area contributed by atoms with E-state index in [4.69, 9.17) is 9.47 Å². The molecule has 2 saturated heterocycles. The summed E-state index contributed by atoms with van der Waals surface area (Å²) >= 11 is 1.64. The average molecular weight is 282 g/mol. The highest BCUT2D eigenvalue weighted by atomic mass is 32.1. The van der Waals surface area contributed by atoms with Crippen LogP contribution in [0.25, 0.3) is 0 Å². The van der Waals surface area contributed by atoms with Crippen molar-refractivity contribution in [3.8, 4) is 0 Å². The Hall–Kier alpha value is -0.950. The van der Waals surface area contributed by atoms with Crippen molar-refractivity contribution in [3.63, 3.8) is 0 Å². The van der Waals surface area contributed by atoms with Crippen molar-refractivity contribution in [2.45, 2.75) is 25.2 Å². The zero-order valence-corrected chi connectivity index (χ0v) is 11.7. The maximum absolute atomic E-state index is 12.3. The number of rotatable bonds is 3. The van der Waals surface area contributed by atoms with E-state index in [1.807, 2.05) is 17.2 Å². The van der Waals surface area contributed by atoms with Crippen molar-refractivity contribution >= 4 is 17.2 Å². The Kier molecular flexibility index (Phi) is 3.83. The van der Waals surface area contributed by atoms with E-state index in [1.165, 1.54) is 0 Å². The van der Waals surface area contributed by atoms with E-state index < -0.39 is 0 Å². The predicted octanol–water partition coefficient (Wildman–Crippen LogP) is 0.982. The van der Waals surface area contributed by atoms with Crippen LogP contribution >= 0.6 is 11.3 Å². The molecular formula is C13H18N2O3S. The van der Waals surface area contributed by atoms with Crippen molar-refractivity contribution in [3.05, 3.63) is 22.4 Å². The van der Waals surface area contributed by atoms with Gasteiger partial charge >= 0.3 is 0 Å². The maximum Gasteiger partial charge on any atom is 0.241 e. The number of hydrogen-bond acceptors (Lipinski definition) is 5. The molecule has 0 spiro atoms. The van der Waals surface area contributed by atoms with Gasteiger partial charge in [0.2, 0.25) is 5.91 Å². The maximum atomic E-state index is 12.3. The molecule has 1 aromatic rings. The smallest absolute Gasteiger partial charge is 0.241 e. The van der Waals surface area contributed by atoms with E-state index >= 15 is 0 Å². The summed E-state index contributed by atoms with van der Waals surface area (Å²) in [6, 6.07) is 1.91. The average Bonchev–Trinajstić information content (AvgIpc) is 3.04. The second kappa shape index (κ2) is 5.58. The van der Waals surface area contributed by atoms with Gasteiger partial charge in [0, 0.05) is 0 Å². The number of carbonyl (C=O) groups is 1. The molecule has 3 atom stereocenters. The summed E-state index contributed by atoms with van der Waals surface area (Å²) in [5.41, 5.74) is 1.14. The summed E-state index contributed by atoms with van der Waals surface area (Å²) in [6.07, 6.45) is -0.0646. The summed E-state index contributed by atoms with van der Waals surface area (Å²) < 4.78 is 11.0. The van der Waals surface area contributed by atoms with Gasteiger partial charge in [-0.05, 0) is 29.3 Å². The Labute approximate surface area is 116 Å². The molecule has 3 unspecified atom stereocenters. The van der Waals surface area contributed by atoms with Crippen LogP contribution in [0.3, 0.4) is 0 Å². The highest BCUT2D eigenvalue weighted by molar-refractivity contribution is 7.07. The minimum absolute atomic E-state index is 0.0223. The molecule has 0 radical (unpaired) electrons. The number of nitrogens with one attached hydrogen (secondary N) is 1. The fourth-order valence-electron chi connectivity index (χ4n) is 2.54. The molecule has 3 rings (SSSR count). The van der Waals surface area contributed by atoms with E-state index in [0.717, 1.165) is 5.56 Å². The van der Waals surface area contributed by atoms with Crippen molar-refractivity contribution in [2.75, 3.05) is 26.4 Å². The van der Waals surface area contributed by atoms with E-state index in [0.29, 0.717) is 26.4 Å². The summed E-state index contributed by atoms with van der Waals surface area (Å²) in [5.74, 6) is 0.130. The predicted molar refractivity (Wildman–Crippen MR) is 71.9 cm³/mol. The van der Waals surface area contributed by atoms with Gasteiger partial charge < -0.3 is 14.4 Å². The summed E-state index contributed by atoms with van der Waals surface area (Å²) in [5, 5.41) is 7.44. The zero-order valence-electron chi connectivity index (χ0n) is 10.9. The number of thiophene rings is 1. The number of amides is 1. The third-order valence-corrected chi connectivity index (χ3v) is 4.22. The number of hydrogen-bond donors (Lipinski definition) is 1. The van der Waals surface area contributed by atoms with E-state index in [2.05, 4.69) is 16.8 Å². The van der Waals surface area contributed by atoms with Crippen molar-refractivity contribution < 1.29 is 14.3 Å². The summed E-state index contributed by atoms with van der Waals surface area (Å²) in [4.78, 5) is 14.1. The zero-order chi connectivity index (χ0) is 13.2. The molecule has 1 aromatic heterocycles. The minimum Gasteiger partial charge on any atom is -0.376 e. The van der Waals surface area contributed by atoms with Gasteiger partial charge in [0.15, 0.2) is 0 Å². The minimum atomic E-state index is -0.144. The van der Waals surface area contributed by atoms with Gasteiger partial charge in [0.25, 0.3) is 0 Å². The van der Waals surface area contributed by atoms with E-state index in [9.17, 15) is 4.79 Å². The van der Waals surface area contributed by atoms with Crippen LogP contribution in [0.4, 0.5) is 0 Å². The Morgan fingerprint density at radius 3 is 3.11 bits per heavy atom. The third-order valence-electron chi connectivity index (χ3n) is 3.52. The van der Waals surface area contributed by atoms with Crippen LogP contribution in [-0.4, -0.2) is 49.3 Å². The molecule has 2 fully saturated rings. The van der Waals surface area contributed by atoms with Gasteiger partial charge in [0.05, 0.1) is 38.5 Å². The van der Waals surface area contributed by atoms with Gasteiger partial charge in [-0.15, -0.1) is 0 Å². The monoisotopic (exact) mass is 282 g/mol. The third kappa shape index (κ3) is 2.67. The Morgan fingerprint density at radius 2 is 2.42 bits per heavy atom. The second-order valence-electron chi connectivity index (χ2n) is 4.91. The topological polar surface area (TPSA) is 50.8 Å². The molecule has 0 aromatic carbocycles. The first-order chi connectivity index (χ1) is 9.25. The molecule has 2 aliphatic rings. The Morgan fingerprint density at radius 1 is 1.53 bits per heavy atom. The van der Waals surface area contributed by atoms with Crippen LogP contribution in [-0.2, 0) is 14.3 Å². The summed E-state index contributed by atoms with van der Waals surface area (Å²) in [7, 11) is 0. The molecule has 1 amide bonds. The fraction of sp³-hybridized carbons (Fsp3) is 0.615. The summed E-state index contributed by atoms with van der Waals surface area (Å²) in [6.45, 7) is 4.30. The number of ether oxygens (including phenoxy) is 2. The molecule has 19 heavy (non-hydrogen) atoms. The molecule has 0 aliphatic carbocycles. The fourth-order valence-corrected chi connectivity index (χ4v) is 3.22. The van der Waals surface area contributed by atoms with Crippen LogP contribution < -0.4 is 5.32 Å². The molecule has 0 saturated carbocycles. The molecule has 3 heterocycles. The number of nitrogens with zero attached hydrogens (tertiary/aromatic N) is 1. The van der Waals surface area contributed by atoms with Crippen molar-refractivity contribution in [1.82, 2.24) is 10.2 Å². The lowest BCUT2D eigenvalue weighted by atomic mass is 10.2. The molecule has 2 aliphatic heterocycles. The highest BCUT2D eigenvalue weighted by Gasteiger charge is 2.38. The normalized spacial score (nSPS) is 31.9. The molecule has 5 nitrogen and oxygen atoms in total. The van der Waals surface area contributed by atoms with Crippen molar-refractivity contribution in [1.29, 1.82) is 0 Å². The molecule has 6 heteroatoms. The van der Waals surface area contributed by atoms with Crippen molar-refractivity contribution in [2.24, 2.45) is 0 Å². The molecular weight excluding hydrogens is 264 g/mol. The lowest BCUT2D eigenvalue weighted by Crippen LogP contribution is -2.42. The molecule has 1 N–H and O–H groups in total. The second-order valence-corrected chi connectivity index (χ2v) is 5.69. The van der Waals surface area contributed by atoms with E-state index in [-0.39, 0.29) is 24.2 Å². The quantitative estimate of drug-likeness (QED) is 0.898. The van der Waals surface area contributed by atoms with Gasteiger partial charge in [-0.1, -0.05) is 0 Å². The highest BCUT2D eigenvalue weighted by Crippen LogP contribution is 2.27. The SMILES string of the molecule is CC1NC(c2ccsc2)N(CC2COCCO2)C1=O. The van der Waals surface area contributed by atoms with Crippen LogP contribution in [0.5, 0.6) is 0 Å². The van der Waals surface area contributed by atoms with E-state index in [1.54, 1.807) is 11.3 Å². The standard InChI is InChI=1S/C13H18N2O3S/c1-9-13(16)15(6-11-7-17-3-4-18-11)12(14-9)10-2-5-19-8-10/h2,5,8-9,11-12,14H,3-4,6-7H2,1H3. The van der Waals surface area contributed by atoms with Gasteiger partial charge in [-0.3, -0.25) is 10.1 Å². The first-order valence-electron chi connectivity index (χ1n) is 6.53. The number of carbonyl (C=O) groups excluding carboxylic acids is 1. The molecule has 0 bridgehead atoms. The van der Waals surface area contributed by atoms with Crippen LogP contribution in [0, 0.1) is 0 Å². The largest absolute Gasteiger partial charge is 0.376 e. The molecule has 104 valence electrons. The van der Waals surface area contributed by atoms with Gasteiger partial charge in [-0.2, -0.15) is 11.3 Å². The first kappa shape index (κ1) is 13.1. The van der Waals surface area contributed by atoms with Crippen LogP contribution in [0.15, 0.2) is 16.8 Å². The van der Waals surface area contributed by atoms with Crippen LogP contribution in [0.1, 0.15) is 18.7 Å². The Balaban J connectivity index is 1.73. The van der Waals surface area contributed by atoms with Gasteiger partial charge in [0.1, 0.15) is 6.17 Å². The van der Waals surface area contributed by atoms with Crippen LogP contribution in [0.2, 0.25) is 0 Å². The first-order valence-corrected chi connectivity index (χ1v) is 7.48. The Bertz CT molecular complexity index is 431.